The molecule has 0 amide bonds. The summed E-state index contributed by atoms with van der Waals surface area (Å²) < 4.78 is 49.9. The summed E-state index contributed by atoms with van der Waals surface area (Å²) >= 11 is 0. The Morgan fingerprint density at radius 1 is 1.19 bits per heavy atom. The fourth-order valence-electron chi connectivity index (χ4n) is 5.99. The van der Waals surface area contributed by atoms with Crippen molar-refractivity contribution in [1.82, 2.24) is 15.2 Å². The molecule has 0 spiro atoms. The second-order valence-corrected chi connectivity index (χ2v) is 9.55. The quantitative estimate of drug-likeness (QED) is 0.327. The van der Waals surface area contributed by atoms with Crippen LogP contribution in [0.25, 0.3) is 33.6 Å². The molecule has 3 aliphatic carbocycles. The minimum absolute atomic E-state index is 0.00892. The number of pyridine rings is 1. The Morgan fingerprint density at radius 2 is 1.95 bits per heavy atom. The van der Waals surface area contributed by atoms with Gasteiger partial charge in [-0.3, -0.25) is 9.89 Å². The van der Waals surface area contributed by atoms with Crippen LogP contribution in [0, 0.1) is 46.5 Å². The Balaban J connectivity index is 1.57. The zero-order valence-electron chi connectivity index (χ0n) is 19.3. The molecular weight excluding hydrogens is 487 g/mol. The van der Waals surface area contributed by atoms with Crippen molar-refractivity contribution in [3.8, 4) is 28.8 Å². The number of halogens is 3. The summed E-state index contributed by atoms with van der Waals surface area (Å²) in [5.41, 5.74) is -0.685. The number of carboxylic acid groups (broad SMARTS) is 1. The Kier molecular flexibility index (Phi) is 5.40. The average Bonchev–Trinajstić information content (AvgIpc) is 3.56. The first-order chi connectivity index (χ1) is 17.9. The highest BCUT2D eigenvalue weighted by Gasteiger charge is 2.48. The maximum atomic E-state index is 16.0. The molecule has 0 radical (unpaired) electrons. The van der Waals surface area contributed by atoms with E-state index < -0.39 is 35.4 Å². The van der Waals surface area contributed by atoms with E-state index in [1.54, 1.807) is 0 Å². The standard InChI is InChI=1S/C26H20F3N5O3/c27-13-8-14-22(16(28)9-13)33-34-24(14)23-15(10-30)19(17-2-1-7-37-17)20(29)25(32-23)31-21-12-5-3-11(4-6-12)18(21)26(35)36/h1-2,7-9,11-12,18,21H,3-6H2,(H,31,32)(H,33,34)(H,35,36). The number of H-pyrrole nitrogens is 1. The molecule has 188 valence electrons. The van der Waals surface area contributed by atoms with E-state index in [1.165, 1.54) is 18.4 Å². The molecule has 37 heavy (non-hydrogen) atoms. The smallest absolute Gasteiger partial charge is 0.308 e. The molecule has 0 aliphatic heterocycles. The van der Waals surface area contributed by atoms with Crippen molar-refractivity contribution in [1.29, 1.82) is 5.26 Å². The van der Waals surface area contributed by atoms with Gasteiger partial charge in [0.15, 0.2) is 17.5 Å². The number of aliphatic carboxylic acids is 1. The number of hydrogen-bond acceptors (Lipinski definition) is 6. The van der Waals surface area contributed by atoms with Crippen molar-refractivity contribution >= 4 is 22.7 Å². The Morgan fingerprint density at radius 3 is 2.62 bits per heavy atom. The number of nitrogens with zero attached hydrogens (tertiary/aromatic N) is 3. The van der Waals surface area contributed by atoms with Gasteiger partial charge in [-0.25, -0.2) is 18.2 Å². The van der Waals surface area contributed by atoms with Gasteiger partial charge >= 0.3 is 5.97 Å². The van der Waals surface area contributed by atoms with E-state index in [0.717, 1.165) is 31.7 Å². The van der Waals surface area contributed by atoms with Crippen molar-refractivity contribution in [2.45, 2.75) is 31.7 Å². The molecule has 3 saturated carbocycles. The summed E-state index contributed by atoms with van der Waals surface area (Å²) in [6, 6.07) is 6.09. The highest BCUT2D eigenvalue weighted by molar-refractivity contribution is 5.95. The number of carbonyl (C=O) groups is 1. The second-order valence-electron chi connectivity index (χ2n) is 9.55. The van der Waals surface area contributed by atoms with Crippen LogP contribution in [0.15, 0.2) is 34.9 Å². The normalized spacial score (nSPS) is 22.8. The molecule has 8 nitrogen and oxygen atoms in total. The highest BCUT2D eigenvalue weighted by atomic mass is 19.1. The van der Waals surface area contributed by atoms with Crippen LogP contribution in [0.2, 0.25) is 0 Å². The molecule has 3 fully saturated rings. The third kappa shape index (κ3) is 3.63. The predicted octanol–water partition coefficient (Wildman–Crippen LogP) is 5.48. The van der Waals surface area contributed by atoms with Crippen LogP contribution in [0.5, 0.6) is 0 Å². The lowest BCUT2D eigenvalue weighted by Gasteiger charge is -2.47. The first-order valence-corrected chi connectivity index (χ1v) is 11.9. The van der Waals surface area contributed by atoms with E-state index >= 15 is 4.39 Å². The second kappa shape index (κ2) is 8.65. The van der Waals surface area contributed by atoms with Crippen molar-refractivity contribution < 1.29 is 27.5 Å². The largest absolute Gasteiger partial charge is 0.481 e. The molecule has 4 aromatic rings. The maximum absolute atomic E-state index is 16.0. The molecule has 3 N–H and O–H groups in total. The van der Waals surface area contributed by atoms with Gasteiger partial charge in [0.25, 0.3) is 0 Å². The van der Waals surface area contributed by atoms with Gasteiger partial charge in [0, 0.05) is 17.5 Å². The van der Waals surface area contributed by atoms with Gasteiger partial charge in [-0.1, -0.05) is 0 Å². The van der Waals surface area contributed by atoms with E-state index in [1.807, 2.05) is 6.07 Å². The number of benzene rings is 1. The highest BCUT2D eigenvalue weighted by Crippen LogP contribution is 2.47. The molecule has 2 bridgehead atoms. The van der Waals surface area contributed by atoms with Gasteiger partial charge in [0.2, 0.25) is 0 Å². The minimum Gasteiger partial charge on any atom is -0.481 e. The Labute approximate surface area is 208 Å². The Bertz CT molecular complexity index is 1570. The van der Waals surface area contributed by atoms with Crippen LogP contribution in [0.3, 0.4) is 0 Å². The van der Waals surface area contributed by atoms with Crippen LogP contribution in [0.4, 0.5) is 19.0 Å². The molecule has 7 rings (SSSR count). The third-order valence-electron chi connectivity index (χ3n) is 7.64. The van der Waals surface area contributed by atoms with Crippen molar-refractivity contribution in [3.63, 3.8) is 0 Å². The summed E-state index contributed by atoms with van der Waals surface area (Å²) in [5, 5.41) is 29.5. The summed E-state index contributed by atoms with van der Waals surface area (Å²) in [4.78, 5) is 16.5. The van der Waals surface area contributed by atoms with Gasteiger partial charge in [0.1, 0.15) is 28.9 Å². The van der Waals surface area contributed by atoms with Gasteiger partial charge in [-0.2, -0.15) is 10.4 Å². The maximum Gasteiger partial charge on any atom is 0.308 e. The molecule has 3 aromatic heterocycles. The number of carboxylic acids is 1. The zero-order chi connectivity index (χ0) is 25.8. The van der Waals surface area contributed by atoms with Gasteiger partial charge in [-0.05, 0) is 55.7 Å². The lowest BCUT2D eigenvalue weighted by atomic mass is 9.61. The average molecular weight is 507 g/mol. The number of furan rings is 1. The molecule has 3 aliphatic rings. The summed E-state index contributed by atoms with van der Waals surface area (Å²) in [5.74, 6) is -4.60. The molecule has 1 aromatic carbocycles. The number of nitriles is 1. The lowest BCUT2D eigenvalue weighted by molar-refractivity contribution is -0.148. The first kappa shape index (κ1) is 23.1. The summed E-state index contributed by atoms with van der Waals surface area (Å²) in [6.07, 6.45) is 4.53. The molecule has 2 atom stereocenters. The number of anilines is 1. The van der Waals surface area contributed by atoms with Crippen molar-refractivity contribution in [2.75, 3.05) is 5.32 Å². The summed E-state index contributed by atoms with van der Waals surface area (Å²) in [7, 11) is 0. The van der Waals surface area contributed by atoms with Gasteiger partial charge in [-0.15, -0.1) is 0 Å². The summed E-state index contributed by atoms with van der Waals surface area (Å²) in [6.45, 7) is 0. The van der Waals surface area contributed by atoms with Crippen LogP contribution >= 0.6 is 0 Å². The zero-order valence-corrected chi connectivity index (χ0v) is 19.3. The number of hydrogen-bond donors (Lipinski definition) is 3. The molecule has 0 saturated heterocycles. The molecular formula is C26H20F3N5O3. The third-order valence-corrected chi connectivity index (χ3v) is 7.64. The molecule has 2 unspecified atom stereocenters. The Hall–Kier alpha value is -4.33. The fourth-order valence-corrected chi connectivity index (χ4v) is 5.99. The van der Waals surface area contributed by atoms with E-state index in [4.69, 9.17) is 4.42 Å². The van der Waals surface area contributed by atoms with E-state index in [0.29, 0.717) is 6.07 Å². The van der Waals surface area contributed by atoms with Crippen LogP contribution < -0.4 is 5.32 Å². The van der Waals surface area contributed by atoms with E-state index in [-0.39, 0.29) is 56.8 Å². The van der Waals surface area contributed by atoms with Crippen LogP contribution in [-0.4, -0.2) is 32.3 Å². The minimum atomic E-state index is -0.960. The van der Waals surface area contributed by atoms with Crippen molar-refractivity contribution in [3.05, 3.63) is 53.5 Å². The number of fused-ring (bicyclic) bond motifs is 4. The first-order valence-electron chi connectivity index (χ1n) is 11.9. The predicted molar refractivity (Wildman–Crippen MR) is 126 cm³/mol. The lowest BCUT2D eigenvalue weighted by Crippen LogP contribution is -2.51. The van der Waals surface area contributed by atoms with E-state index in [2.05, 4.69) is 20.5 Å². The monoisotopic (exact) mass is 507 g/mol. The molecule has 3 heterocycles. The number of nitrogens with one attached hydrogen (secondary N) is 2. The topological polar surface area (TPSA) is 128 Å². The fraction of sp³-hybridized carbons (Fsp3) is 0.308. The van der Waals surface area contributed by atoms with Crippen molar-refractivity contribution in [2.24, 2.45) is 17.8 Å². The van der Waals surface area contributed by atoms with Gasteiger partial charge < -0.3 is 14.8 Å². The number of aromatic nitrogens is 3. The molecule has 11 heteroatoms. The van der Waals surface area contributed by atoms with Gasteiger partial charge in [0.05, 0.1) is 29.0 Å². The van der Waals surface area contributed by atoms with Crippen LogP contribution in [-0.2, 0) is 4.79 Å². The number of rotatable bonds is 5. The number of aromatic amines is 1. The van der Waals surface area contributed by atoms with Crippen LogP contribution in [0.1, 0.15) is 31.2 Å². The van der Waals surface area contributed by atoms with E-state index in [9.17, 15) is 23.9 Å². The SMILES string of the molecule is N#Cc1c(-c2[nH]nc3c(F)cc(F)cc23)nc(NC2C3CCC(CC3)C2C(=O)O)c(F)c1-c1ccco1.